The number of rotatable bonds is 5. The van der Waals surface area contributed by atoms with Crippen LogP contribution in [0.5, 0.6) is 0 Å². The van der Waals surface area contributed by atoms with Crippen LogP contribution in [0.4, 0.5) is 5.69 Å². The third-order valence-electron chi connectivity index (χ3n) is 3.01. The van der Waals surface area contributed by atoms with Crippen LogP contribution in [-0.4, -0.2) is 25.2 Å². The molecule has 0 aliphatic carbocycles. The summed E-state index contributed by atoms with van der Waals surface area (Å²) in [5, 5.41) is 8.66. The van der Waals surface area contributed by atoms with Crippen LogP contribution in [0.25, 0.3) is 0 Å². The number of carbonyl (C=O) groups is 1. The Balaban J connectivity index is 2.88. The van der Waals surface area contributed by atoms with Crippen LogP contribution in [0, 0.1) is 13.8 Å². The molecule has 0 aliphatic heterocycles. The average molecular weight is 235 g/mol. The molecule has 0 bridgehead atoms. The standard InChI is InChI=1S/C14H21NO2/c1-10-8-12(6-5-7-14(16)17)13(15(3)4)9-11(10)2/h8-9H,5-7H2,1-4H3,(H,16,17). The van der Waals surface area contributed by atoms with Crippen molar-refractivity contribution in [2.75, 3.05) is 19.0 Å². The van der Waals surface area contributed by atoms with Crippen molar-refractivity contribution in [1.82, 2.24) is 0 Å². The third kappa shape index (κ3) is 3.77. The molecule has 0 heterocycles. The molecule has 1 aromatic rings. The van der Waals surface area contributed by atoms with E-state index in [0.717, 1.165) is 6.42 Å². The van der Waals surface area contributed by atoms with Gasteiger partial charge in [0.05, 0.1) is 0 Å². The largest absolute Gasteiger partial charge is 0.481 e. The molecule has 0 atom stereocenters. The Bertz CT molecular complexity index is 411. The Morgan fingerprint density at radius 3 is 2.35 bits per heavy atom. The Kier molecular flexibility index (Phi) is 4.55. The Morgan fingerprint density at radius 1 is 1.24 bits per heavy atom. The molecule has 1 aromatic carbocycles. The van der Waals surface area contributed by atoms with Crippen molar-refractivity contribution in [2.45, 2.75) is 33.1 Å². The predicted molar refractivity (Wildman–Crippen MR) is 70.8 cm³/mol. The summed E-state index contributed by atoms with van der Waals surface area (Å²) in [6, 6.07) is 4.35. The molecule has 0 amide bonds. The zero-order valence-corrected chi connectivity index (χ0v) is 11.1. The maximum atomic E-state index is 10.5. The highest BCUT2D eigenvalue weighted by Gasteiger charge is 2.08. The fraction of sp³-hybridized carbons (Fsp3) is 0.500. The first-order valence-corrected chi connectivity index (χ1v) is 5.91. The summed E-state index contributed by atoms with van der Waals surface area (Å²) in [6.45, 7) is 4.19. The second kappa shape index (κ2) is 5.71. The van der Waals surface area contributed by atoms with Gasteiger partial charge in [0.15, 0.2) is 0 Å². The van der Waals surface area contributed by atoms with Gasteiger partial charge >= 0.3 is 5.97 Å². The SMILES string of the molecule is Cc1cc(CCCC(=O)O)c(N(C)C)cc1C. The van der Waals surface area contributed by atoms with E-state index < -0.39 is 5.97 Å². The van der Waals surface area contributed by atoms with Crippen molar-refractivity contribution in [1.29, 1.82) is 0 Å². The summed E-state index contributed by atoms with van der Waals surface area (Å²) in [7, 11) is 4.04. The topological polar surface area (TPSA) is 40.5 Å². The molecule has 0 saturated carbocycles. The molecule has 94 valence electrons. The fourth-order valence-electron chi connectivity index (χ4n) is 1.91. The van der Waals surface area contributed by atoms with Gasteiger partial charge in [-0.15, -0.1) is 0 Å². The summed E-state index contributed by atoms with van der Waals surface area (Å²) in [4.78, 5) is 12.6. The number of carboxylic acids is 1. The first-order chi connectivity index (χ1) is 7.91. The van der Waals surface area contributed by atoms with Crippen molar-refractivity contribution in [2.24, 2.45) is 0 Å². The molecule has 0 saturated heterocycles. The maximum absolute atomic E-state index is 10.5. The number of hydrogen-bond donors (Lipinski definition) is 1. The van der Waals surface area contributed by atoms with Gasteiger partial charge in [0.2, 0.25) is 0 Å². The monoisotopic (exact) mass is 235 g/mol. The van der Waals surface area contributed by atoms with E-state index in [1.54, 1.807) is 0 Å². The molecule has 3 heteroatoms. The van der Waals surface area contributed by atoms with Crippen molar-refractivity contribution in [3.05, 3.63) is 28.8 Å². The lowest BCUT2D eigenvalue weighted by molar-refractivity contribution is -0.137. The van der Waals surface area contributed by atoms with Gasteiger partial charge < -0.3 is 10.0 Å². The highest BCUT2D eigenvalue weighted by atomic mass is 16.4. The summed E-state index contributed by atoms with van der Waals surface area (Å²) < 4.78 is 0. The van der Waals surface area contributed by atoms with Gasteiger partial charge in [-0.1, -0.05) is 6.07 Å². The number of nitrogens with zero attached hydrogens (tertiary/aromatic N) is 1. The number of aryl methyl sites for hydroxylation is 3. The molecule has 0 radical (unpaired) electrons. The predicted octanol–water partition coefficient (Wildman–Crippen LogP) is 2.78. The van der Waals surface area contributed by atoms with Gasteiger partial charge in [-0.2, -0.15) is 0 Å². The zero-order valence-electron chi connectivity index (χ0n) is 11.1. The number of hydrogen-bond acceptors (Lipinski definition) is 2. The van der Waals surface area contributed by atoms with Crippen LogP contribution in [0.1, 0.15) is 29.5 Å². The summed E-state index contributed by atoms with van der Waals surface area (Å²) in [5.41, 5.74) is 4.97. The Labute approximate surface area is 103 Å². The lowest BCUT2D eigenvalue weighted by Crippen LogP contribution is -2.12. The molecule has 0 aromatic heterocycles. The molecule has 0 unspecified atom stereocenters. The Morgan fingerprint density at radius 2 is 1.82 bits per heavy atom. The fourth-order valence-corrected chi connectivity index (χ4v) is 1.91. The van der Waals surface area contributed by atoms with E-state index in [0.29, 0.717) is 6.42 Å². The average Bonchev–Trinajstić information content (AvgIpc) is 2.22. The minimum absolute atomic E-state index is 0.236. The second-order valence-corrected chi connectivity index (χ2v) is 4.71. The molecule has 17 heavy (non-hydrogen) atoms. The van der Waals surface area contributed by atoms with Gasteiger partial charge in [0, 0.05) is 26.2 Å². The van der Waals surface area contributed by atoms with Crippen LogP contribution >= 0.6 is 0 Å². The van der Waals surface area contributed by atoms with E-state index in [4.69, 9.17) is 5.11 Å². The van der Waals surface area contributed by atoms with Gasteiger partial charge in [-0.3, -0.25) is 4.79 Å². The highest BCUT2D eigenvalue weighted by molar-refractivity contribution is 5.66. The minimum Gasteiger partial charge on any atom is -0.481 e. The maximum Gasteiger partial charge on any atom is 0.303 e. The Hall–Kier alpha value is -1.51. The summed E-state index contributed by atoms with van der Waals surface area (Å²) in [5.74, 6) is -0.722. The van der Waals surface area contributed by atoms with Gasteiger partial charge in [-0.25, -0.2) is 0 Å². The van der Waals surface area contributed by atoms with Crippen molar-refractivity contribution < 1.29 is 9.90 Å². The second-order valence-electron chi connectivity index (χ2n) is 4.71. The first kappa shape index (κ1) is 13.6. The van der Waals surface area contributed by atoms with E-state index in [1.807, 2.05) is 14.1 Å². The molecule has 0 aliphatic rings. The molecule has 3 nitrogen and oxygen atoms in total. The smallest absolute Gasteiger partial charge is 0.303 e. The van der Waals surface area contributed by atoms with Crippen LogP contribution in [-0.2, 0) is 11.2 Å². The molecular formula is C14H21NO2. The molecule has 0 fully saturated rings. The third-order valence-corrected chi connectivity index (χ3v) is 3.01. The zero-order chi connectivity index (χ0) is 13.0. The van der Waals surface area contributed by atoms with Gasteiger partial charge in [-0.05, 0) is 49.4 Å². The van der Waals surface area contributed by atoms with Crippen LogP contribution in [0.2, 0.25) is 0 Å². The first-order valence-electron chi connectivity index (χ1n) is 5.91. The van der Waals surface area contributed by atoms with Crippen molar-refractivity contribution >= 4 is 11.7 Å². The molecule has 0 spiro atoms. The van der Waals surface area contributed by atoms with E-state index in [9.17, 15) is 4.79 Å². The number of carboxylic acid groups (broad SMARTS) is 1. The van der Waals surface area contributed by atoms with Crippen molar-refractivity contribution in [3.63, 3.8) is 0 Å². The quantitative estimate of drug-likeness (QED) is 0.853. The van der Waals surface area contributed by atoms with E-state index in [-0.39, 0.29) is 6.42 Å². The number of aliphatic carboxylic acids is 1. The molecule has 1 N–H and O–H groups in total. The van der Waals surface area contributed by atoms with Crippen LogP contribution in [0.3, 0.4) is 0 Å². The van der Waals surface area contributed by atoms with Gasteiger partial charge in [0.25, 0.3) is 0 Å². The lowest BCUT2D eigenvalue weighted by atomic mass is 9.99. The van der Waals surface area contributed by atoms with E-state index in [2.05, 4.69) is 30.9 Å². The summed E-state index contributed by atoms with van der Waals surface area (Å²) >= 11 is 0. The van der Waals surface area contributed by atoms with Crippen LogP contribution in [0.15, 0.2) is 12.1 Å². The number of benzene rings is 1. The van der Waals surface area contributed by atoms with Crippen molar-refractivity contribution in [3.8, 4) is 0 Å². The highest BCUT2D eigenvalue weighted by Crippen LogP contribution is 2.24. The number of anilines is 1. The minimum atomic E-state index is -0.722. The van der Waals surface area contributed by atoms with Crippen LogP contribution < -0.4 is 4.90 Å². The molecule has 1 rings (SSSR count). The summed E-state index contributed by atoms with van der Waals surface area (Å²) in [6.07, 6.45) is 1.75. The molecular weight excluding hydrogens is 214 g/mol. The lowest BCUT2D eigenvalue weighted by Gasteiger charge is -2.19. The van der Waals surface area contributed by atoms with E-state index >= 15 is 0 Å². The normalized spacial score (nSPS) is 10.4. The van der Waals surface area contributed by atoms with E-state index in [1.165, 1.54) is 22.4 Å². The van der Waals surface area contributed by atoms with Gasteiger partial charge in [0.1, 0.15) is 0 Å².